The number of hydrogen-bond acceptors (Lipinski definition) is 3. The molecule has 4 nitrogen and oxygen atoms in total. The van der Waals surface area contributed by atoms with Crippen LogP contribution in [0.1, 0.15) is 34.6 Å². The standard InChI is InChI=1S/C8H17NO3/c1-6(2)9-7(10)11-12-8(3,4)5/h6H,1-5H3,(H,9,10). The van der Waals surface area contributed by atoms with Crippen LogP contribution in [-0.2, 0) is 9.78 Å². The number of nitrogens with one attached hydrogen (secondary N) is 1. The molecule has 0 aliphatic rings. The molecule has 0 atom stereocenters. The second kappa shape index (κ2) is 4.30. The zero-order valence-corrected chi connectivity index (χ0v) is 8.30. The van der Waals surface area contributed by atoms with Crippen molar-refractivity contribution in [3.63, 3.8) is 0 Å². The van der Waals surface area contributed by atoms with E-state index in [4.69, 9.17) is 4.89 Å². The summed E-state index contributed by atoms with van der Waals surface area (Å²) in [5.74, 6) is 0. The van der Waals surface area contributed by atoms with Gasteiger partial charge in [0, 0.05) is 6.04 Å². The van der Waals surface area contributed by atoms with Gasteiger partial charge in [-0.25, -0.2) is 4.79 Å². The molecule has 0 rings (SSSR count). The molecule has 0 fully saturated rings. The lowest BCUT2D eigenvalue weighted by molar-refractivity contribution is -0.300. The maximum atomic E-state index is 10.8. The van der Waals surface area contributed by atoms with Crippen LogP contribution in [0.5, 0.6) is 0 Å². The second-order valence-electron chi connectivity index (χ2n) is 3.87. The summed E-state index contributed by atoms with van der Waals surface area (Å²) in [6.07, 6.45) is -0.556. The van der Waals surface area contributed by atoms with Crippen LogP contribution in [0.25, 0.3) is 0 Å². The molecule has 0 heterocycles. The average molecular weight is 175 g/mol. The van der Waals surface area contributed by atoms with Crippen LogP contribution < -0.4 is 5.32 Å². The molecule has 0 saturated carbocycles. The van der Waals surface area contributed by atoms with Crippen LogP contribution in [0.3, 0.4) is 0 Å². The summed E-state index contributed by atoms with van der Waals surface area (Å²) in [6, 6.07) is 0.0565. The van der Waals surface area contributed by atoms with Gasteiger partial charge >= 0.3 is 6.09 Å². The predicted octanol–water partition coefficient (Wildman–Crippen LogP) is 1.85. The normalized spacial score (nSPS) is 11.5. The van der Waals surface area contributed by atoms with Crippen molar-refractivity contribution < 1.29 is 14.6 Å². The van der Waals surface area contributed by atoms with E-state index in [9.17, 15) is 4.79 Å². The first-order valence-electron chi connectivity index (χ1n) is 3.97. The molecule has 0 aromatic rings. The lowest BCUT2D eigenvalue weighted by atomic mass is 10.2. The summed E-state index contributed by atoms with van der Waals surface area (Å²) in [4.78, 5) is 20.1. The molecule has 0 radical (unpaired) electrons. The fourth-order valence-corrected chi connectivity index (χ4v) is 0.423. The van der Waals surface area contributed by atoms with E-state index in [1.165, 1.54) is 0 Å². The molecule has 0 unspecified atom stereocenters. The highest BCUT2D eigenvalue weighted by Gasteiger charge is 2.15. The summed E-state index contributed by atoms with van der Waals surface area (Å²) in [5, 5.41) is 2.53. The Hall–Kier alpha value is -0.770. The quantitative estimate of drug-likeness (QED) is 0.514. The van der Waals surface area contributed by atoms with Crippen molar-refractivity contribution in [1.29, 1.82) is 0 Å². The maximum absolute atomic E-state index is 10.8. The number of hydrogen-bond donors (Lipinski definition) is 1. The van der Waals surface area contributed by atoms with Gasteiger partial charge in [0.1, 0.15) is 5.60 Å². The topological polar surface area (TPSA) is 47.6 Å². The summed E-state index contributed by atoms with van der Waals surface area (Å²) in [5.41, 5.74) is -0.464. The Labute approximate surface area is 73.2 Å². The summed E-state index contributed by atoms with van der Waals surface area (Å²) in [7, 11) is 0. The molecule has 4 heteroatoms. The Bertz CT molecular complexity index is 149. The highest BCUT2D eigenvalue weighted by atomic mass is 17.2. The van der Waals surface area contributed by atoms with E-state index in [2.05, 4.69) is 10.2 Å². The van der Waals surface area contributed by atoms with Gasteiger partial charge < -0.3 is 5.32 Å². The molecule has 0 aliphatic carbocycles. The van der Waals surface area contributed by atoms with Crippen LogP contribution in [0.2, 0.25) is 0 Å². The highest BCUT2D eigenvalue weighted by molar-refractivity contribution is 5.66. The van der Waals surface area contributed by atoms with Crippen LogP contribution in [0.15, 0.2) is 0 Å². The molecule has 0 saturated heterocycles. The van der Waals surface area contributed by atoms with Gasteiger partial charge in [-0.3, -0.25) is 4.89 Å². The van der Waals surface area contributed by atoms with Crippen LogP contribution in [-0.4, -0.2) is 17.7 Å². The number of carbonyl (C=O) groups is 1. The molecule has 0 aliphatic heterocycles. The third kappa shape index (κ3) is 7.34. The second-order valence-corrected chi connectivity index (χ2v) is 3.87. The molecule has 72 valence electrons. The fraction of sp³-hybridized carbons (Fsp3) is 0.875. The van der Waals surface area contributed by atoms with E-state index < -0.39 is 11.7 Å². The highest BCUT2D eigenvalue weighted by Crippen LogP contribution is 2.06. The number of rotatable bonds is 2. The molecule has 1 amide bonds. The number of carbonyl (C=O) groups excluding carboxylic acids is 1. The molecule has 0 aromatic heterocycles. The van der Waals surface area contributed by atoms with Gasteiger partial charge in [-0.15, -0.1) is 0 Å². The minimum atomic E-state index is -0.556. The lowest BCUT2D eigenvalue weighted by Gasteiger charge is -2.17. The third-order valence-corrected chi connectivity index (χ3v) is 0.774. The molecule has 0 bridgehead atoms. The SMILES string of the molecule is CC(C)NC(=O)OOC(C)(C)C. The molecular formula is C8H17NO3. The van der Waals surface area contributed by atoms with Gasteiger partial charge in [-0.1, -0.05) is 0 Å². The van der Waals surface area contributed by atoms with Gasteiger partial charge in [0.25, 0.3) is 0 Å². The Morgan fingerprint density at radius 1 is 1.33 bits per heavy atom. The Morgan fingerprint density at radius 2 is 1.83 bits per heavy atom. The minimum Gasteiger partial charge on any atom is -0.317 e. The van der Waals surface area contributed by atoms with Crippen molar-refractivity contribution in [2.45, 2.75) is 46.3 Å². The molecule has 12 heavy (non-hydrogen) atoms. The fourth-order valence-electron chi connectivity index (χ4n) is 0.423. The molecule has 0 spiro atoms. The largest absolute Gasteiger partial charge is 0.438 e. The van der Waals surface area contributed by atoms with Crippen molar-refractivity contribution in [1.82, 2.24) is 5.32 Å². The van der Waals surface area contributed by atoms with E-state index >= 15 is 0 Å². The summed E-state index contributed by atoms with van der Waals surface area (Å²) < 4.78 is 0. The van der Waals surface area contributed by atoms with Crippen molar-refractivity contribution in [2.24, 2.45) is 0 Å². The predicted molar refractivity (Wildman–Crippen MR) is 45.6 cm³/mol. The van der Waals surface area contributed by atoms with Crippen molar-refractivity contribution in [3.05, 3.63) is 0 Å². The smallest absolute Gasteiger partial charge is 0.317 e. The summed E-state index contributed by atoms with van der Waals surface area (Å²) >= 11 is 0. The van der Waals surface area contributed by atoms with Gasteiger partial charge in [-0.05, 0) is 34.6 Å². The van der Waals surface area contributed by atoms with E-state index in [0.29, 0.717) is 0 Å². The minimum absolute atomic E-state index is 0.0565. The van der Waals surface area contributed by atoms with E-state index in [-0.39, 0.29) is 6.04 Å². The van der Waals surface area contributed by atoms with Gasteiger partial charge in [-0.2, -0.15) is 4.89 Å². The van der Waals surface area contributed by atoms with Crippen molar-refractivity contribution >= 4 is 6.09 Å². The van der Waals surface area contributed by atoms with E-state index in [1.54, 1.807) is 20.8 Å². The van der Waals surface area contributed by atoms with Crippen LogP contribution >= 0.6 is 0 Å². The van der Waals surface area contributed by atoms with Gasteiger partial charge in [0.05, 0.1) is 0 Å². The van der Waals surface area contributed by atoms with Gasteiger partial charge in [0.2, 0.25) is 0 Å². The average Bonchev–Trinajstić information content (AvgIpc) is 1.80. The van der Waals surface area contributed by atoms with Crippen LogP contribution in [0, 0.1) is 0 Å². The zero-order valence-electron chi connectivity index (χ0n) is 8.30. The molecule has 0 aromatic carbocycles. The third-order valence-electron chi connectivity index (χ3n) is 0.774. The van der Waals surface area contributed by atoms with Crippen LogP contribution in [0.4, 0.5) is 4.79 Å². The first-order chi connectivity index (χ1) is 5.31. The monoisotopic (exact) mass is 175 g/mol. The Kier molecular flexibility index (Phi) is 4.03. The number of amides is 1. The first kappa shape index (κ1) is 11.2. The first-order valence-corrected chi connectivity index (χ1v) is 3.97. The van der Waals surface area contributed by atoms with E-state index in [0.717, 1.165) is 0 Å². The molecule has 1 N–H and O–H groups in total. The maximum Gasteiger partial charge on any atom is 0.438 e. The molecular weight excluding hydrogens is 158 g/mol. The Balaban J connectivity index is 3.58. The van der Waals surface area contributed by atoms with E-state index in [1.807, 2.05) is 13.8 Å². The Morgan fingerprint density at radius 3 is 2.17 bits per heavy atom. The lowest BCUT2D eigenvalue weighted by Crippen LogP contribution is -2.33. The van der Waals surface area contributed by atoms with Gasteiger partial charge in [0.15, 0.2) is 0 Å². The van der Waals surface area contributed by atoms with Crippen molar-refractivity contribution in [2.75, 3.05) is 0 Å². The zero-order chi connectivity index (χ0) is 9.78. The van der Waals surface area contributed by atoms with Crippen molar-refractivity contribution in [3.8, 4) is 0 Å². The summed E-state index contributed by atoms with van der Waals surface area (Å²) in [6.45, 7) is 9.09.